The van der Waals surface area contributed by atoms with E-state index < -0.39 is 0 Å². The third-order valence-electron chi connectivity index (χ3n) is 5.72. The molecule has 1 heterocycles. The van der Waals surface area contributed by atoms with Gasteiger partial charge in [0.15, 0.2) is 0 Å². The van der Waals surface area contributed by atoms with Gasteiger partial charge >= 0.3 is 6.09 Å². The summed E-state index contributed by atoms with van der Waals surface area (Å²) in [5, 5.41) is 9.77. The third-order valence-corrected chi connectivity index (χ3v) is 5.72. The summed E-state index contributed by atoms with van der Waals surface area (Å²) >= 11 is 0. The molecule has 3 atom stereocenters. The predicted octanol–water partition coefficient (Wildman–Crippen LogP) is 3.89. The van der Waals surface area contributed by atoms with E-state index in [-0.39, 0.29) is 36.8 Å². The quantitative estimate of drug-likeness (QED) is 0.853. The van der Waals surface area contributed by atoms with Crippen molar-refractivity contribution in [3.63, 3.8) is 0 Å². The number of hydrogen-bond donors (Lipinski definition) is 1. The van der Waals surface area contributed by atoms with Gasteiger partial charge in [-0.25, -0.2) is 4.79 Å². The molecule has 0 aromatic heterocycles. The normalized spacial score (nSPS) is 29.6. The van der Waals surface area contributed by atoms with Crippen LogP contribution in [0.1, 0.15) is 44.1 Å². The Labute approximate surface area is 144 Å². The van der Waals surface area contributed by atoms with Gasteiger partial charge in [-0.05, 0) is 31.2 Å². The van der Waals surface area contributed by atoms with E-state index in [2.05, 4.69) is 6.58 Å². The summed E-state index contributed by atoms with van der Waals surface area (Å²) in [5.74, 6) is 0.284. The van der Waals surface area contributed by atoms with Crippen LogP contribution in [0.2, 0.25) is 0 Å². The number of benzene rings is 1. The molecule has 1 N–H and O–H groups in total. The minimum atomic E-state index is -0.302. The summed E-state index contributed by atoms with van der Waals surface area (Å²) in [5.41, 5.74) is 0.754. The zero-order chi connectivity index (χ0) is 17.0. The minimum absolute atomic E-state index is 0.00789. The lowest BCUT2D eigenvalue weighted by atomic mass is 9.71. The molecule has 4 nitrogen and oxygen atoms in total. The molecule has 24 heavy (non-hydrogen) atoms. The van der Waals surface area contributed by atoms with Gasteiger partial charge < -0.3 is 9.84 Å². The number of carbonyl (C=O) groups is 1. The van der Waals surface area contributed by atoms with Gasteiger partial charge in [0.2, 0.25) is 0 Å². The van der Waals surface area contributed by atoms with Crippen molar-refractivity contribution in [2.75, 3.05) is 6.61 Å². The lowest BCUT2D eigenvalue weighted by Gasteiger charge is -2.47. The first-order chi connectivity index (χ1) is 11.7. The van der Waals surface area contributed by atoms with Crippen LogP contribution in [0.3, 0.4) is 0 Å². The Balaban J connectivity index is 1.78. The van der Waals surface area contributed by atoms with Crippen molar-refractivity contribution in [2.45, 2.75) is 56.7 Å². The Hall–Kier alpha value is -1.81. The summed E-state index contributed by atoms with van der Waals surface area (Å²) < 4.78 is 5.61. The predicted molar refractivity (Wildman–Crippen MR) is 93.5 cm³/mol. The number of ether oxygens (including phenoxy) is 1. The minimum Gasteiger partial charge on any atom is -0.445 e. The standard InChI is InChI=1S/C20H27NO3/c1-2-17-10-6-7-12-20(17)13-11-18(14-22)21(20)19(23)24-15-16-8-4-3-5-9-16/h2-5,8-9,17-18,22H,1,6-7,10-15H2/t17-,18+,20-/m1/s1. The molecule has 3 rings (SSSR count). The van der Waals surface area contributed by atoms with Crippen molar-refractivity contribution >= 4 is 6.09 Å². The van der Waals surface area contributed by atoms with Gasteiger partial charge in [0.1, 0.15) is 6.61 Å². The third kappa shape index (κ3) is 3.07. The number of aliphatic hydroxyl groups is 1. The van der Waals surface area contributed by atoms with Gasteiger partial charge in [0, 0.05) is 5.92 Å². The van der Waals surface area contributed by atoms with E-state index >= 15 is 0 Å². The van der Waals surface area contributed by atoms with Gasteiger partial charge in [-0.2, -0.15) is 0 Å². The van der Waals surface area contributed by atoms with Crippen molar-refractivity contribution in [2.24, 2.45) is 5.92 Å². The molecule has 1 aliphatic carbocycles. The number of carbonyl (C=O) groups excluding carboxylic acids is 1. The summed E-state index contributed by atoms with van der Waals surface area (Å²) in [4.78, 5) is 14.7. The van der Waals surface area contributed by atoms with Crippen LogP contribution in [0, 0.1) is 5.92 Å². The number of aliphatic hydroxyl groups excluding tert-OH is 1. The maximum absolute atomic E-state index is 12.9. The molecule has 130 valence electrons. The van der Waals surface area contributed by atoms with Gasteiger partial charge in [0.05, 0.1) is 18.2 Å². The fourth-order valence-corrected chi connectivity index (χ4v) is 4.52. The van der Waals surface area contributed by atoms with Gasteiger partial charge in [0.25, 0.3) is 0 Å². The lowest BCUT2D eigenvalue weighted by Crippen LogP contribution is -2.56. The van der Waals surface area contributed by atoms with E-state index in [1.807, 2.05) is 41.3 Å². The van der Waals surface area contributed by atoms with Gasteiger partial charge in [-0.15, -0.1) is 6.58 Å². The largest absolute Gasteiger partial charge is 0.445 e. The highest BCUT2D eigenvalue weighted by Crippen LogP contribution is 2.48. The second-order valence-corrected chi connectivity index (χ2v) is 6.98. The fourth-order valence-electron chi connectivity index (χ4n) is 4.52. The molecule has 4 heteroatoms. The van der Waals surface area contributed by atoms with Crippen LogP contribution in [0.15, 0.2) is 43.0 Å². The first-order valence-corrected chi connectivity index (χ1v) is 8.94. The molecule has 1 aromatic rings. The molecule has 0 radical (unpaired) electrons. The average molecular weight is 329 g/mol. The second kappa shape index (κ2) is 7.39. The van der Waals surface area contributed by atoms with Gasteiger partial charge in [-0.3, -0.25) is 4.90 Å². The maximum Gasteiger partial charge on any atom is 0.410 e. The molecule has 1 saturated heterocycles. The number of amides is 1. The van der Waals surface area contributed by atoms with E-state index in [0.717, 1.165) is 37.7 Å². The van der Waals surface area contributed by atoms with Crippen molar-refractivity contribution < 1.29 is 14.6 Å². The van der Waals surface area contributed by atoms with E-state index in [9.17, 15) is 9.90 Å². The van der Waals surface area contributed by atoms with Crippen molar-refractivity contribution in [3.05, 3.63) is 48.6 Å². The van der Waals surface area contributed by atoms with Crippen molar-refractivity contribution in [1.82, 2.24) is 4.90 Å². The number of likely N-dealkylation sites (tertiary alicyclic amines) is 1. The Morgan fingerprint density at radius 1 is 1.29 bits per heavy atom. The van der Waals surface area contributed by atoms with Crippen molar-refractivity contribution in [3.8, 4) is 0 Å². The molecule has 0 bridgehead atoms. The Bertz CT molecular complexity index is 574. The van der Waals surface area contributed by atoms with Crippen LogP contribution >= 0.6 is 0 Å². The monoisotopic (exact) mass is 329 g/mol. The van der Waals surface area contributed by atoms with Crippen LogP contribution in [0.5, 0.6) is 0 Å². The first kappa shape index (κ1) is 17.0. The molecule has 1 spiro atoms. The number of hydrogen-bond acceptors (Lipinski definition) is 3. The SMILES string of the molecule is C=C[C@@H]1CCCC[C@@]12CC[C@@H](CO)N2C(=O)OCc1ccccc1. The van der Waals surface area contributed by atoms with E-state index in [1.165, 1.54) is 6.42 Å². The summed E-state index contributed by atoms with van der Waals surface area (Å²) in [6.07, 6.45) is 7.78. The zero-order valence-corrected chi connectivity index (χ0v) is 14.2. The number of nitrogens with zero attached hydrogens (tertiary/aromatic N) is 1. The Kier molecular flexibility index (Phi) is 5.24. The molecular weight excluding hydrogens is 302 g/mol. The Morgan fingerprint density at radius 2 is 2.08 bits per heavy atom. The Morgan fingerprint density at radius 3 is 2.79 bits per heavy atom. The topological polar surface area (TPSA) is 49.8 Å². The smallest absolute Gasteiger partial charge is 0.410 e. The molecule has 0 unspecified atom stereocenters. The van der Waals surface area contributed by atoms with Crippen LogP contribution < -0.4 is 0 Å². The molecule has 1 amide bonds. The molecule has 1 saturated carbocycles. The lowest BCUT2D eigenvalue weighted by molar-refractivity contribution is 0.00457. The molecule has 2 aliphatic rings. The molecule has 2 fully saturated rings. The van der Waals surface area contributed by atoms with Crippen LogP contribution in [-0.2, 0) is 11.3 Å². The summed E-state index contributed by atoms with van der Waals surface area (Å²) in [6.45, 7) is 4.26. The first-order valence-electron chi connectivity index (χ1n) is 8.94. The van der Waals surface area contributed by atoms with Crippen LogP contribution in [-0.4, -0.2) is 34.3 Å². The molecule has 1 aliphatic heterocycles. The fraction of sp³-hybridized carbons (Fsp3) is 0.550. The van der Waals surface area contributed by atoms with E-state index in [1.54, 1.807) is 0 Å². The van der Waals surface area contributed by atoms with E-state index in [0.29, 0.717) is 0 Å². The highest BCUT2D eigenvalue weighted by Gasteiger charge is 2.53. The highest BCUT2D eigenvalue weighted by atomic mass is 16.6. The zero-order valence-electron chi connectivity index (χ0n) is 14.2. The van der Waals surface area contributed by atoms with Crippen LogP contribution in [0.25, 0.3) is 0 Å². The molecule has 1 aromatic carbocycles. The van der Waals surface area contributed by atoms with Crippen LogP contribution in [0.4, 0.5) is 4.79 Å². The van der Waals surface area contributed by atoms with Gasteiger partial charge in [-0.1, -0.05) is 49.2 Å². The summed E-state index contributed by atoms with van der Waals surface area (Å²) in [7, 11) is 0. The highest BCUT2D eigenvalue weighted by molar-refractivity contribution is 5.70. The summed E-state index contributed by atoms with van der Waals surface area (Å²) in [6, 6.07) is 9.57. The number of rotatable bonds is 4. The average Bonchev–Trinajstić information content (AvgIpc) is 2.99. The maximum atomic E-state index is 12.9. The second-order valence-electron chi connectivity index (χ2n) is 6.98. The molecular formula is C20H27NO3. The van der Waals surface area contributed by atoms with Crippen molar-refractivity contribution in [1.29, 1.82) is 0 Å². The van der Waals surface area contributed by atoms with E-state index in [4.69, 9.17) is 4.74 Å².